The highest BCUT2D eigenvalue weighted by molar-refractivity contribution is 9.10. The van der Waals surface area contributed by atoms with Crippen molar-refractivity contribution in [2.45, 2.75) is 18.9 Å². The zero-order valence-corrected chi connectivity index (χ0v) is 12.7. The van der Waals surface area contributed by atoms with Crippen LogP contribution in [0.3, 0.4) is 0 Å². The van der Waals surface area contributed by atoms with E-state index in [-0.39, 0.29) is 5.91 Å². The Morgan fingerprint density at radius 2 is 2.16 bits per heavy atom. The summed E-state index contributed by atoms with van der Waals surface area (Å²) in [6.07, 6.45) is 5.76. The van der Waals surface area contributed by atoms with E-state index < -0.39 is 0 Å². The number of likely N-dealkylation sites (N-methyl/N-ethyl adjacent to an activating group) is 1. The Morgan fingerprint density at radius 3 is 2.84 bits per heavy atom. The predicted molar refractivity (Wildman–Crippen MR) is 81.8 cm³/mol. The van der Waals surface area contributed by atoms with Crippen molar-refractivity contribution in [2.75, 3.05) is 20.1 Å². The molecule has 0 aromatic heterocycles. The molecule has 0 saturated carbocycles. The molecular formula is C15H19BrN2O. The summed E-state index contributed by atoms with van der Waals surface area (Å²) in [6.45, 7) is 1.67. The topological polar surface area (TPSA) is 32.3 Å². The van der Waals surface area contributed by atoms with Gasteiger partial charge in [-0.25, -0.2) is 0 Å². The van der Waals surface area contributed by atoms with Crippen LogP contribution in [0.25, 0.3) is 6.08 Å². The molecule has 1 amide bonds. The fraction of sp³-hybridized carbons (Fsp3) is 0.400. The van der Waals surface area contributed by atoms with Crippen LogP contribution in [-0.2, 0) is 4.79 Å². The highest BCUT2D eigenvalue weighted by Crippen LogP contribution is 2.13. The minimum absolute atomic E-state index is 0.0999. The van der Waals surface area contributed by atoms with E-state index in [9.17, 15) is 4.79 Å². The molecule has 1 fully saturated rings. The van der Waals surface area contributed by atoms with Gasteiger partial charge in [-0.1, -0.05) is 28.1 Å². The van der Waals surface area contributed by atoms with Crippen molar-refractivity contribution in [3.05, 3.63) is 40.4 Å². The Balaban J connectivity index is 1.94. The summed E-state index contributed by atoms with van der Waals surface area (Å²) in [6, 6.07) is 8.35. The molecule has 0 aliphatic carbocycles. The number of rotatable bonds is 3. The number of hydrogen-bond acceptors (Lipinski definition) is 2. The number of carbonyl (C=O) groups is 1. The van der Waals surface area contributed by atoms with Crippen LogP contribution in [0, 0.1) is 0 Å². The molecule has 1 aliphatic heterocycles. The fourth-order valence-electron chi connectivity index (χ4n) is 2.26. The van der Waals surface area contributed by atoms with Gasteiger partial charge in [-0.05, 0) is 43.7 Å². The van der Waals surface area contributed by atoms with E-state index in [1.807, 2.05) is 42.3 Å². The van der Waals surface area contributed by atoms with Crippen LogP contribution >= 0.6 is 15.9 Å². The van der Waals surface area contributed by atoms with Crippen molar-refractivity contribution in [3.63, 3.8) is 0 Å². The molecule has 1 saturated heterocycles. The summed E-state index contributed by atoms with van der Waals surface area (Å²) in [4.78, 5) is 14.0. The van der Waals surface area contributed by atoms with Crippen molar-refractivity contribution >= 4 is 27.9 Å². The van der Waals surface area contributed by atoms with Gasteiger partial charge in [0.2, 0.25) is 5.91 Å². The summed E-state index contributed by atoms with van der Waals surface area (Å²) < 4.78 is 1.05. The van der Waals surface area contributed by atoms with Crippen molar-refractivity contribution in [1.29, 1.82) is 0 Å². The molecular weight excluding hydrogens is 304 g/mol. The van der Waals surface area contributed by atoms with E-state index in [1.165, 1.54) is 0 Å². The van der Waals surface area contributed by atoms with Gasteiger partial charge in [-0.15, -0.1) is 0 Å². The SMILES string of the molecule is CNC1CCCN(C(=O)/C=C/c2ccc(Br)cc2)C1. The summed E-state index contributed by atoms with van der Waals surface area (Å²) in [5, 5.41) is 3.25. The van der Waals surface area contributed by atoms with Crippen molar-refractivity contribution < 1.29 is 4.79 Å². The standard InChI is InChI=1S/C15H19BrN2O/c1-17-14-3-2-10-18(11-14)15(19)9-6-12-4-7-13(16)8-5-12/h4-9,14,17H,2-3,10-11H2,1H3/b9-6+. The first-order valence-corrected chi connectivity index (χ1v) is 7.38. The maximum atomic E-state index is 12.1. The lowest BCUT2D eigenvalue weighted by atomic mass is 10.1. The summed E-state index contributed by atoms with van der Waals surface area (Å²) >= 11 is 3.40. The molecule has 1 N–H and O–H groups in total. The van der Waals surface area contributed by atoms with Gasteiger partial charge in [0.15, 0.2) is 0 Å². The quantitative estimate of drug-likeness (QED) is 0.868. The number of amides is 1. The Kier molecular flexibility index (Phi) is 5.16. The lowest BCUT2D eigenvalue weighted by molar-refractivity contribution is -0.127. The molecule has 1 heterocycles. The Bertz CT molecular complexity index is 456. The number of likely N-dealkylation sites (tertiary alicyclic amines) is 1. The van der Waals surface area contributed by atoms with Crippen LogP contribution in [-0.4, -0.2) is 37.0 Å². The molecule has 0 bridgehead atoms. The average molecular weight is 323 g/mol. The van der Waals surface area contributed by atoms with E-state index in [2.05, 4.69) is 21.2 Å². The number of nitrogens with one attached hydrogen (secondary N) is 1. The van der Waals surface area contributed by atoms with Crippen LogP contribution in [0.15, 0.2) is 34.8 Å². The third-order valence-corrected chi connectivity index (χ3v) is 3.96. The number of carbonyl (C=O) groups excluding carboxylic acids is 1. The zero-order chi connectivity index (χ0) is 13.7. The second kappa shape index (κ2) is 6.87. The molecule has 0 radical (unpaired) electrons. The number of hydrogen-bond donors (Lipinski definition) is 1. The maximum absolute atomic E-state index is 12.1. The monoisotopic (exact) mass is 322 g/mol. The van der Waals surface area contributed by atoms with E-state index in [4.69, 9.17) is 0 Å². The van der Waals surface area contributed by atoms with Crippen LogP contribution in [0.2, 0.25) is 0 Å². The van der Waals surface area contributed by atoms with E-state index in [0.717, 1.165) is 36.0 Å². The van der Waals surface area contributed by atoms with Crippen molar-refractivity contribution in [1.82, 2.24) is 10.2 Å². The average Bonchev–Trinajstić information content (AvgIpc) is 2.46. The van der Waals surface area contributed by atoms with Crippen LogP contribution < -0.4 is 5.32 Å². The maximum Gasteiger partial charge on any atom is 0.246 e. The number of nitrogens with zero attached hydrogens (tertiary/aromatic N) is 1. The molecule has 4 heteroatoms. The predicted octanol–water partition coefficient (Wildman–Crippen LogP) is 2.67. The highest BCUT2D eigenvalue weighted by atomic mass is 79.9. The summed E-state index contributed by atoms with van der Waals surface area (Å²) in [7, 11) is 1.95. The fourth-order valence-corrected chi connectivity index (χ4v) is 2.52. The Labute approximate surface area is 122 Å². The van der Waals surface area contributed by atoms with Crippen LogP contribution in [0.1, 0.15) is 18.4 Å². The molecule has 19 heavy (non-hydrogen) atoms. The number of benzene rings is 1. The second-order valence-electron chi connectivity index (χ2n) is 4.80. The van der Waals surface area contributed by atoms with Gasteiger partial charge >= 0.3 is 0 Å². The molecule has 1 aliphatic rings. The highest BCUT2D eigenvalue weighted by Gasteiger charge is 2.20. The first-order chi connectivity index (χ1) is 9.19. The van der Waals surface area contributed by atoms with Crippen LogP contribution in [0.4, 0.5) is 0 Å². The van der Waals surface area contributed by atoms with Gasteiger partial charge in [0, 0.05) is 29.7 Å². The van der Waals surface area contributed by atoms with Gasteiger partial charge in [-0.2, -0.15) is 0 Å². The first-order valence-electron chi connectivity index (χ1n) is 6.59. The zero-order valence-electron chi connectivity index (χ0n) is 11.1. The van der Waals surface area contributed by atoms with Crippen molar-refractivity contribution in [2.24, 2.45) is 0 Å². The smallest absolute Gasteiger partial charge is 0.246 e. The minimum Gasteiger partial charge on any atom is -0.338 e. The third kappa shape index (κ3) is 4.18. The van der Waals surface area contributed by atoms with Crippen LogP contribution in [0.5, 0.6) is 0 Å². The Hall–Kier alpha value is -1.13. The van der Waals surface area contributed by atoms with Gasteiger partial charge in [0.25, 0.3) is 0 Å². The second-order valence-corrected chi connectivity index (χ2v) is 5.71. The summed E-state index contributed by atoms with van der Waals surface area (Å²) in [5.41, 5.74) is 1.04. The molecule has 1 aromatic rings. The number of halogens is 1. The lowest BCUT2D eigenvalue weighted by Gasteiger charge is -2.31. The normalized spacial score (nSPS) is 19.9. The minimum atomic E-state index is 0.0999. The van der Waals surface area contributed by atoms with Gasteiger partial charge in [-0.3, -0.25) is 4.79 Å². The van der Waals surface area contributed by atoms with Gasteiger partial charge in [0.1, 0.15) is 0 Å². The summed E-state index contributed by atoms with van der Waals surface area (Å²) in [5.74, 6) is 0.0999. The van der Waals surface area contributed by atoms with Crippen molar-refractivity contribution in [3.8, 4) is 0 Å². The van der Waals surface area contributed by atoms with E-state index >= 15 is 0 Å². The van der Waals surface area contributed by atoms with E-state index in [1.54, 1.807) is 6.08 Å². The molecule has 1 atom stereocenters. The number of piperidine rings is 1. The molecule has 102 valence electrons. The molecule has 2 rings (SSSR count). The molecule has 3 nitrogen and oxygen atoms in total. The molecule has 0 spiro atoms. The van der Waals surface area contributed by atoms with Gasteiger partial charge < -0.3 is 10.2 Å². The third-order valence-electron chi connectivity index (χ3n) is 3.43. The largest absolute Gasteiger partial charge is 0.338 e. The first kappa shape index (κ1) is 14.3. The Morgan fingerprint density at radius 1 is 1.42 bits per heavy atom. The lowest BCUT2D eigenvalue weighted by Crippen LogP contribution is -2.46. The molecule has 1 unspecified atom stereocenters. The molecule has 1 aromatic carbocycles. The van der Waals surface area contributed by atoms with Gasteiger partial charge in [0.05, 0.1) is 0 Å². The van der Waals surface area contributed by atoms with E-state index in [0.29, 0.717) is 6.04 Å².